The number of anilines is 1. The molecule has 0 aliphatic rings. The van der Waals surface area contributed by atoms with Crippen LogP contribution in [0.1, 0.15) is 15.9 Å². The van der Waals surface area contributed by atoms with Crippen molar-refractivity contribution in [3.63, 3.8) is 0 Å². The van der Waals surface area contributed by atoms with Crippen LogP contribution in [0.2, 0.25) is 0 Å². The topological polar surface area (TPSA) is 88.6 Å². The highest BCUT2D eigenvalue weighted by atomic mass is 32.2. The van der Waals surface area contributed by atoms with Gasteiger partial charge in [0.1, 0.15) is 12.4 Å². The number of hydrogen-bond donors (Lipinski definition) is 1. The second-order valence-corrected chi connectivity index (χ2v) is 10.6. The van der Waals surface area contributed by atoms with E-state index in [1.165, 1.54) is 29.7 Å². The maximum atomic E-state index is 12.9. The van der Waals surface area contributed by atoms with Crippen LogP contribution in [-0.2, 0) is 16.6 Å². The van der Waals surface area contributed by atoms with Crippen molar-refractivity contribution in [2.45, 2.75) is 11.5 Å². The molecule has 0 saturated heterocycles. The Bertz CT molecular complexity index is 1380. The molecule has 1 aromatic heterocycles. The molecule has 0 bridgehead atoms. The van der Waals surface area contributed by atoms with Gasteiger partial charge in [-0.1, -0.05) is 48.5 Å². The maximum Gasteiger partial charge on any atom is 0.257 e. The van der Waals surface area contributed by atoms with Crippen molar-refractivity contribution in [2.24, 2.45) is 0 Å². The number of thiazole rings is 1. The molecule has 0 atom stereocenters. The monoisotopic (exact) mass is 493 g/mol. The summed E-state index contributed by atoms with van der Waals surface area (Å²) in [7, 11) is -0.514. The molecule has 0 saturated carbocycles. The Morgan fingerprint density at radius 3 is 2.35 bits per heavy atom. The quantitative estimate of drug-likeness (QED) is 0.378. The molecule has 0 aliphatic heterocycles. The fourth-order valence-corrected chi connectivity index (χ4v) is 4.80. The fourth-order valence-electron chi connectivity index (χ4n) is 3.18. The lowest BCUT2D eigenvalue weighted by molar-refractivity contribution is 0.102. The number of ether oxygens (including phenoxy) is 1. The van der Waals surface area contributed by atoms with Crippen LogP contribution in [0.15, 0.2) is 89.1 Å². The number of nitrogens with one attached hydrogen (secondary N) is 1. The third-order valence-corrected chi connectivity index (χ3v) is 7.64. The lowest BCUT2D eigenvalue weighted by Gasteiger charge is -2.11. The molecule has 0 spiro atoms. The molecule has 7 nitrogen and oxygen atoms in total. The molecule has 0 aliphatic carbocycles. The van der Waals surface area contributed by atoms with Crippen LogP contribution in [0, 0.1) is 0 Å². The SMILES string of the molecule is CN(C)S(=O)(=O)c1ccc(-c2csc(NC(=O)c3ccccc3COc3ccccc3)n2)cc1. The average molecular weight is 494 g/mol. The van der Waals surface area contributed by atoms with Crippen LogP contribution in [0.3, 0.4) is 0 Å². The van der Waals surface area contributed by atoms with Gasteiger partial charge in [-0.25, -0.2) is 17.7 Å². The molecule has 0 fully saturated rings. The van der Waals surface area contributed by atoms with Gasteiger partial charge in [-0.05, 0) is 30.3 Å². The molecule has 34 heavy (non-hydrogen) atoms. The number of carbonyl (C=O) groups excluding carboxylic acids is 1. The molecule has 0 unspecified atom stereocenters. The Morgan fingerprint density at radius 1 is 0.971 bits per heavy atom. The summed E-state index contributed by atoms with van der Waals surface area (Å²) >= 11 is 1.30. The van der Waals surface area contributed by atoms with E-state index in [4.69, 9.17) is 4.74 Å². The molecule has 9 heteroatoms. The van der Waals surface area contributed by atoms with E-state index in [1.807, 2.05) is 47.8 Å². The van der Waals surface area contributed by atoms with Gasteiger partial charge in [0.05, 0.1) is 10.6 Å². The molecule has 174 valence electrons. The third kappa shape index (κ3) is 5.33. The summed E-state index contributed by atoms with van der Waals surface area (Å²) in [6.45, 7) is 0.263. The van der Waals surface area contributed by atoms with E-state index in [1.54, 1.807) is 36.4 Å². The summed E-state index contributed by atoms with van der Waals surface area (Å²) in [6.07, 6.45) is 0. The largest absolute Gasteiger partial charge is 0.489 e. The standard InChI is InChI=1S/C25H23N3O4S2/c1-28(2)34(30,31)21-14-12-18(13-15-21)23-17-33-25(26-23)27-24(29)22-11-7-6-8-19(22)16-32-20-9-4-3-5-10-20/h3-15,17H,16H2,1-2H3,(H,26,27,29). The normalized spacial score (nSPS) is 11.4. The van der Waals surface area contributed by atoms with E-state index < -0.39 is 10.0 Å². The van der Waals surface area contributed by atoms with E-state index in [0.29, 0.717) is 16.4 Å². The first-order valence-corrected chi connectivity index (χ1v) is 12.7. The van der Waals surface area contributed by atoms with Crippen molar-refractivity contribution in [3.05, 3.63) is 95.4 Å². The number of sulfonamides is 1. The van der Waals surface area contributed by atoms with Gasteiger partial charge in [0.15, 0.2) is 5.13 Å². The Labute approximate surface area is 202 Å². The van der Waals surface area contributed by atoms with Gasteiger partial charge in [0, 0.05) is 36.2 Å². The van der Waals surface area contributed by atoms with Gasteiger partial charge in [-0.3, -0.25) is 10.1 Å². The van der Waals surface area contributed by atoms with Crippen molar-refractivity contribution in [1.82, 2.24) is 9.29 Å². The van der Waals surface area contributed by atoms with Crippen molar-refractivity contribution < 1.29 is 17.9 Å². The fraction of sp³-hybridized carbons (Fsp3) is 0.120. The Balaban J connectivity index is 1.46. The van der Waals surface area contributed by atoms with Crippen LogP contribution in [0.25, 0.3) is 11.3 Å². The van der Waals surface area contributed by atoms with Crippen molar-refractivity contribution >= 4 is 32.4 Å². The summed E-state index contributed by atoms with van der Waals surface area (Å²) in [5.74, 6) is 0.451. The highest BCUT2D eigenvalue weighted by Gasteiger charge is 2.18. The van der Waals surface area contributed by atoms with Gasteiger partial charge < -0.3 is 4.74 Å². The zero-order valence-corrected chi connectivity index (χ0v) is 20.3. The molecular weight excluding hydrogens is 470 g/mol. The second-order valence-electron chi connectivity index (χ2n) is 7.56. The molecule has 3 aromatic carbocycles. The van der Waals surface area contributed by atoms with Crippen LogP contribution < -0.4 is 10.1 Å². The van der Waals surface area contributed by atoms with Crippen LogP contribution >= 0.6 is 11.3 Å². The zero-order chi connectivity index (χ0) is 24.1. The summed E-state index contributed by atoms with van der Waals surface area (Å²) in [6, 6.07) is 23.2. The smallest absolute Gasteiger partial charge is 0.257 e. The van der Waals surface area contributed by atoms with Crippen LogP contribution in [0.5, 0.6) is 5.75 Å². The number of hydrogen-bond acceptors (Lipinski definition) is 6. The van der Waals surface area contributed by atoms with E-state index in [9.17, 15) is 13.2 Å². The first-order valence-electron chi connectivity index (χ1n) is 10.4. The zero-order valence-electron chi connectivity index (χ0n) is 18.6. The summed E-state index contributed by atoms with van der Waals surface area (Å²) < 4.78 is 31.5. The van der Waals surface area contributed by atoms with E-state index in [-0.39, 0.29) is 17.4 Å². The van der Waals surface area contributed by atoms with Gasteiger partial charge in [0.25, 0.3) is 5.91 Å². The molecule has 4 rings (SSSR count). The average Bonchev–Trinajstić information content (AvgIpc) is 3.32. The van der Waals surface area contributed by atoms with Gasteiger partial charge in [0.2, 0.25) is 10.0 Å². The van der Waals surface area contributed by atoms with Crippen molar-refractivity contribution in [1.29, 1.82) is 0 Å². The summed E-state index contributed by atoms with van der Waals surface area (Å²) in [5.41, 5.74) is 2.67. The molecule has 1 amide bonds. The third-order valence-electron chi connectivity index (χ3n) is 5.05. The minimum absolute atomic E-state index is 0.208. The van der Waals surface area contributed by atoms with E-state index in [2.05, 4.69) is 10.3 Å². The number of carbonyl (C=O) groups is 1. The molecular formula is C25H23N3O4S2. The van der Waals surface area contributed by atoms with E-state index in [0.717, 1.165) is 16.9 Å². The minimum Gasteiger partial charge on any atom is -0.489 e. The summed E-state index contributed by atoms with van der Waals surface area (Å²) in [5, 5.41) is 5.11. The lowest BCUT2D eigenvalue weighted by Crippen LogP contribution is -2.22. The molecule has 1 N–H and O–H groups in total. The van der Waals surface area contributed by atoms with Crippen molar-refractivity contribution in [3.8, 4) is 17.0 Å². The predicted molar refractivity (Wildman–Crippen MR) is 134 cm³/mol. The minimum atomic E-state index is -3.50. The maximum absolute atomic E-state index is 12.9. The van der Waals surface area contributed by atoms with Gasteiger partial charge in [-0.2, -0.15) is 0 Å². The van der Waals surface area contributed by atoms with E-state index >= 15 is 0 Å². The van der Waals surface area contributed by atoms with Gasteiger partial charge in [-0.15, -0.1) is 11.3 Å². The molecule has 1 heterocycles. The highest BCUT2D eigenvalue weighted by molar-refractivity contribution is 7.89. The summed E-state index contributed by atoms with van der Waals surface area (Å²) in [4.78, 5) is 17.6. The Hall–Kier alpha value is -3.53. The molecule has 4 aromatic rings. The number of rotatable bonds is 8. The molecule has 0 radical (unpaired) electrons. The number of aromatic nitrogens is 1. The number of amides is 1. The first-order chi connectivity index (χ1) is 16.3. The predicted octanol–water partition coefficient (Wildman–Crippen LogP) is 4.89. The highest BCUT2D eigenvalue weighted by Crippen LogP contribution is 2.27. The van der Waals surface area contributed by atoms with Crippen molar-refractivity contribution in [2.75, 3.05) is 19.4 Å². The van der Waals surface area contributed by atoms with Gasteiger partial charge >= 0.3 is 0 Å². The number of benzene rings is 3. The lowest BCUT2D eigenvalue weighted by atomic mass is 10.1. The van der Waals surface area contributed by atoms with Crippen LogP contribution in [-0.4, -0.2) is 37.7 Å². The Kier molecular flexibility index (Phi) is 7.06. The number of para-hydroxylation sites is 1. The Morgan fingerprint density at radius 2 is 1.65 bits per heavy atom. The number of nitrogens with zero attached hydrogens (tertiary/aromatic N) is 2. The second kappa shape index (κ2) is 10.2. The van der Waals surface area contributed by atoms with Crippen LogP contribution in [0.4, 0.5) is 5.13 Å². The first kappa shape index (κ1) is 23.6.